The topological polar surface area (TPSA) is 97.3 Å². The van der Waals surface area contributed by atoms with Crippen LogP contribution in [0, 0.1) is 0 Å². The van der Waals surface area contributed by atoms with E-state index in [1.54, 1.807) is 64.5 Å². The highest BCUT2D eigenvalue weighted by molar-refractivity contribution is 6.16. The molecule has 0 spiro atoms. The third kappa shape index (κ3) is 4.14. The Hall–Kier alpha value is -4.72. The summed E-state index contributed by atoms with van der Waals surface area (Å²) in [5.41, 5.74) is 2.40. The van der Waals surface area contributed by atoms with Crippen LogP contribution in [0.5, 0.6) is 11.5 Å². The molecule has 0 aliphatic carbocycles. The van der Waals surface area contributed by atoms with Gasteiger partial charge < -0.3 is 27.8 Å². The summed E-state index contributed by atoms with van der Waals surface area (Å²) in [6.07, 6.45) is 0. The average Bonchev–Trinajstić information content (AvgIpc) is 3.49. The molecule has 5 aromatic rings. The quantitative estimate of drug-likeness (QED) is 0.207. The number of hydrogen-bond donors (Lipinski definition) is 0. The van der Waals surface area contributed by atoms with Gasteiger partial charge in [-0.15, -0.1) is 0 Å². The van der Waals surface area contributed by atoms with Gasteiger partial charge in [0, 0.05) is 10.8 Å². The van der Waals surface area contributed by atoms with Crippen LogP contribution in [0.3, 0.4) is 0 Å². The Kier molecular flexibility index (Phi) is 6.79. The van der Waals surface area contributed by atoms with Crippen molar-refractivity contribution in [1.82, 2.24) is 0 Å². The Balaban J connectivity index is 1.83. The Morgan fingerprint density at radius 3 is 1.42 bits per heavy atom. The number of benzene rings is 3. The molecule has 0 fully saturated rings. The second-order valence-electron chi connectivity index (χ2n) is 8.30. The molecule has 0 atom stereocenters. The minimum absolute atomic E-state index is 0.185. The molecule has 0 radical (unpaired) electrons. The number of esters is 2. The first kappa shape index (κ1) is 25.0. The fraction of sp³-hybridized carbons (Fsp3) is 0.200. The minimum atomic E-state index is -0.548. The highest BCUT2D eigenvalue weighted by Crippen LogP contribution is 2.44. The summed E-state index contributed by atoms with van der Waals surface area (Å²) in [6, 6.07) is 17.8. The summed E-state index contributed by atoms with van der Waals surface area (Å²) in [7, 11) is 3.09. The van der Waals surface area contributed by atoms with Gasteiger partial charge in [0.05, 0.1) is 38.6 Å². The maximum absolute atomic E-state index is 13.2. The number of ether oxygens (including phenoxy) is 4. The molecule has 0 amide bonds. The van der Waals surface area contributed by atoms with Crippen molar-refractivity contribution in [3.05, 3.63) is 71.8 Å². The highest BCUT2D eigenvalue weighted by atomic mass is 16.5. The van der Waals surface area contributed by atoms with Crippen LogP contribution < -0.4 is 9.47 Å². The second kappa shape index (κ2) is 10.3. The second-order valence-corrected chi connectivity index (χ2v) is 8.30. The number of methoxy groups -OCH3 is 2. The van der Waals surface area contributed by atoms with E-state index in [9.17, 15) is 9.59 Å². The van der Waals surface area contributed by atoms with E-state index in [-0.39, 0.29) is 24.3 Å². The third-order valence-corrected chi connectivity index (χ3v) is 6.16. The number of hydrogen-bond acceptors (Lipinski definition) is 8. The smallest absolute Gasteiger partial charge is 0.342 e. The molecule has 0 unspecified atom stereocenters. The van der Waals surface area contributed by atoms with Gasteiger partial charge in [0.15, 0.2) is 11.5 Å². The molecule has 5 rings (SSSR count). The van der Waals surface area contributed by atoms with Crippen molar-refractivity contribution < 1.29 is 37.4 Å². The van der Waals surface area contributed by atoms with Gasteiger partial charge >= 0.3 is 11.9 Å². The number of carbonyl (C=O) groups is 2. The van der Waals surface area contributed by atoms with Crippen LogP contribution in [0.1, 0.15) is 34.6 Å². The molecule has 0 aliphatic heterocycles. The maximum atomic E-state index is 13.2. The zero-order valence-corrected chi connectivity index (χ0v) is 21.5. The molecule has 38 heavy (non-hydrogen) atoms. The lowest BCUT2D eigenvalue weighted by molar-refractivity contribution is 0.0519. The van der Waals surface area contributed by atoms with Crippen LogP contribution in [0.2, 0.25) is 0 Å². The van der Waals surface area contributed by atoms with Gasteiger partial charge in [-0.1, -0.05) is 24.3 Å². The van der Waals surface area contributed by atoms with Gasteiger partial charge in [0.2, 0.25) is 0 Å². The van der Waals surface area contributed by atoms with Gasteiger partial charge in [0.25, 0.3) is 0 Å². The number of fused-ring (bicyclic) bond motifs is 2. The molecule has 2 aromatic heterocycles. The fourth-order valence-electron chi connectivity index (χ4n) is 4.54. The average molecular weight is 515 g/mol. The summed E-state index contributed by atoms with van der Waals surface area (Å²) in [5, 5.41) is 0.959. The zero-order chi connectivity index (χ0) is 26.8. The van der Waals surface area contributed by atoms with E-state index < -0.39 is 11.9 Å². The summed E-state index contributed by atoms with van der Waals surface area (Å²) in [6.45, 7) is 3.84. The van der Waals surface area contributed by atoms with Crippen LogP contribution >= 0.6 is 0 Å². The van der Waals surface area contributed by atoms with Gasteiger partial charge in [-0.3, -0.25) is 0 Å². The number of furan rings is 2. The first-order valence-electron chi connectivity index (χ1n) is 12.2. The SMILES string of the molecule is CCOC(=O)c1c(-c2ccccc2OC)oc2cc3c(C(=O)OCC)c(-c4ccccc4OC)oc3cc12. The Labute approximate surface area is 218 Å². The summed E-state index contributed by atoms with van der Waals surface area (Å²) in [5.74, 6) is 0.567. The standard InChI is InChI=1S/C30H26O8/c1-5-35-29(31)25-19-15-24-20(16-23(19)37-27(25)17-11-7-9-13-21(17)33-3)26(30(32)36-6-2)28(38-24)18-12-8-10-14-22(18)34-4/h7-16H,5-6H2,1-4H3. The van der Waals surface area contributed by atoms with Crippen molar-refractivity contribution >= 4 is 33.9 Å². The van der Waals surface area contributed by atoms with E-state index >= 15 is 0 Å². The van der Waals surface area contributed by atoms with Crippen LogP contribution in [-0.4, -0.2) is 39.4 Å². The van der Waals surface area contributed by atoms with Gasteiger partial charge in [-0.25, -0.2) is 9.59 Å². The lowest BCUT2D eigenvalue weighted by Gasteiger charge is -2.08. The van der Waals surface area contributed by atoms with Gasteiger partial charge in [0.1, 0.15) is 33.8 Å². The number of rotatable bonds is 8. The molecule has 3 aromatic carbocycles. The van der Waals surface area contributed by atoms with Crippen molar-refractivity contribution in [3.63, 3.8) is 0 Å². The van der Waals surface area contributed by atoms with Gasteiger partial charge in [-0.05, 0) is 50.2 Å². The highest BCUT2D eigenvalue weighted by Gasteiger charge is 2.30. The van der Waals surface area contributed by atoms with Crippen molar-refractivity contribution in [1.29, 1.82) is 0 Å². The van der Waals surface area contributed by atoms with E-state index in [0.717, 1.165) is 0 Å². The van der Waals surface area contributed by atoms with Crippen molar-refractivity contribution in [2.75, 3.05) is 27.4 Å². The predicted molar refractivity (Wildman–Crippen MR) is 142 cm³/mol. The Morgan fingerprint density at radius 1 is 0.658 bits per heavy atom. The Bertz CT molecular complexity index is 1530. The van der Waals surface area contributed by atoms with E-state index in [1.165, 1.54) is 0 Å². The summed E-state index contributed by atoms with van der Waals surface area (Å²) in [4.78, 5) is 26.4. The summed E-state index contributed by atoms with van der Waals surface area (Å²) < 4.78 is 34.3. The van der Waals surface area contributed by atoms with Crippen molar-refractivity contribution in [2.24, 2.45) is 0 Å². The van der Waals surface area contributed by atoms with E-state index in [0.29, 0.717) is 56.1 Å². The first-order valence-corrected chi connectivity index (χ1v) is 12.2. The molecule has 0 aliphatic rings. The largest absolute Gasteiger partial charge is 0.496 e. The van der Waals surface area contributed by atoms with Crippen molar-refractivity contribution in [3.8, 4) is 34.1 Å². The van der Waals surface area contributed by atoms with E-state index in [2.05, 4.69) is 0 Å². The molecule has 0 N–H and O–H groups in total. The molecule has 0 saturated carbocycles. The lowest BCUT2D eigenvalue weighted by Crippen LogP contribution is -2.06. The molecular formula is C30H26O8. The molecule has 194 valence electrons. The first-order chi connectivity index (χ1) is 18.5. The molecular weight excluding hydrogens is 488 g/mol. The zero-order valence-electron chi connectivity index (χ0n) is 21.5. The predicted octanol–water partition coefficient (Wildman–Crippen LogP) is 6.88. The minimum Gasteiger partial charge on any atom is -0.496 e. The third-order valence-electron chi connectivity index (χ3n) is 6.16. The molecule has 8 nitrogen and oxygen atoms in total. The molecule has 0 saturated heterocycles. The molecule has 2 heterocycles. The lowest BCUT2D eigenvalue weighted by atomic mass is 10.0. The van der Waals surface area contributed by atoms with E-state index in [4.69, 9.17) is 27.8 Å². The molecule has 0 bridgehead atoms. The fourth-order valence-corrected chi connectivity index (χ4v) is 4.54. The Morgan fingerprint density at radius 2 is 1.05 bits per heavy atom. The summed E-state index contributed by atoms with van der Waals surface area (Å²) >= 11 is 0. The number of para-hydroxylation sites is 2. The number of carbonyl (C=O) groups excluding carboxylic acids is 2. The normalized spacial score (nSPS) is 11.1. The van der Waals surface area contributed by atoms with Crippen LogP contribution in [-0.2, 0) is 9.47 Å². The van der Waals surface area contributed by atoms with Gasteiger partial charge in [-0.2, -0.15) is 0 Å². The van der Waals surface area contributed by atoms with Crippen LogP contribution in [0.25, 0.3) is 44.6 Å². The van der Waals surface area contributed by atoms with Crippen molar-refractivity contribution in [2.45, 2.75) is 13.8 Å². The van der Waals surface area contributed by atoms with Crippen LogP contribution in [0.15, 0.2) is 69.5 Å². The molecule has 8 heteroatoms. The van der Waals surface area contributed by atoms with Crippen LogP contribution in [0.4, 0.5) is 0 Å². The van der Waals surface area contributed by atoms with E-state index in [1.807, 2.05) is 24.3 Å². The maximum Gasteiger partial charge on any atom is 0.342 e. The monoisotopic (exact) mass is 514 g/mol.